The molecular weight excluding hydrogens is 765 g/mol. The van der Waals surface area contributed by atoms with Crippen LogP contribution in [0.3, 0.4) is 0 Å². The Hall–Kier alpha value is -2.66. The van der Waals surface area contributed by atoms with E-state index in [1.807, 2.05) is 0 Å². The molecule has 0 saturated heterocycles. The summed E-state index contributed by atoms with van der Waals surface area (Å²) in [5.74, 6) is -0.438. The van der Waals surface area contributed by atoms with Crippen LogP contribution in [0, 0.1) is 0 Å². The summed E-state index contributed by atoms with van der Waals surface area (Å²) in [5.41, 5.74) is 0. The smallest absolute Gasteiger partial charge is 0.306 e. The Morgan fingerprint density at radius 1 is 0.371 bits per heavy atom. The van der Waals surface area contributed by atoms with Crippen molar-refractivity contribution in [1.82, 2.24) is 0 Å². The molecule has 0 spiro atoms. The molecule has 0 saturated carbocycles. The Balaban J connectivity index is 4.34. The summed E-state index contributed by atoms with van der Waals surface area (Å²) in [6.45, 7) is 7.57. The third-order valence-electron chi connectivity index (χ3n) is 11.2. The summed E-state index contributed by atoms with van der Waals surface area (Å²) in [7, 11) is 0. The minimum atomic E-state index is -0.572. The number of hydrogen-bond acceptors (Lipinski definition) is 5. The van der Waals surface area contributed by atoms with Crippen molar-refractivity contribution in [3.8, 4) is 0 Å². The van der Waals surface area contributed by atoms with E-state index in [4.69, 9.17) is 14.2 Å². The van der Waals surface area contributed by atoms with Crippen molar-refractivity contribution in [1.29, 1.82) is 0 Å². The van der Waals surface area contributed by atoms with E-state index in [0.717, 1.165) is 83.5 Å². The molecule has 0 aliphatic heterocycles. The van der Waals surface area contributed by atoms with Crippen LogP contribution in [-0.2, 0) is 23.8 Å². The van der Waals surface area contributed by atoms with Crippen molar-refractivity contribution in [2.75, 3.05) is 19.8 Å². The zero-order valence-electron chi connectivity index (χ0n) is 41.1. The van der Waals surface area contributed by atoms with Gasteiger partial charge in [-0.25, -0.2) is 0 Å². The second-order valence-corrected chi connectivity index (χ2v) is 17.4. The van der Waals surface area contributed by atoms with Crippen molar-refractivity contribution in [2.24, 2.45) is 0 Å². The molecule has 0 aromatic carbocycles. The van der Waals surface area contributed by atoms with E-state index in [0.29, 0.717) is 19.4 Å². The number of allylic oxidation sites excluding steroid dienone is 12. The lowest BCUT2D eigenvalue weighted by Gasteiger charge is -2.18. The topological polar surface area (TPSA) is 61.8 Å². The summed E-state index contributed by atoms with van der Waals surface area (Å²) in [5, 5.41) is 0. The van der Waals surface area contributed by atoms with Crippen molar-refractivity contribution in [3.63, 3.8) is 0 Å². The highest BCUT2D eigenvalue weighted by atomic mass is 16.6. The molecule has 0 N–H and O–H groups in total. The number of hydrogen-bond donors (Lipinski definition) is 0. The van der Waals surface area contributed by atoms with Gasteiger partial charge in [0.05, 0.1) is 6.61 Å². The van der Waals surface area contributed by atoms with E-state index in [-0.39, 0.29) is 25.2 Å². The summed E-state index contributed by atoms with van der Waals surface area (Å²) < 4.78 is 17.3. The highest BCUT2D eigenvalue weighted by molar-refractivity contribution is 5.70. The van der Waals surface area contributed by atoms with Crippen LogP contribution in [0.4, 0.5) is 0 Å². The molecule has 0 heterocycles. The van der Waals surface area contributed by atoms with Crippen LogP contribution < -0.4 is 0 Å². The predicted octanol–water partition coefficient (Wildman–Crippen LogP) is 17.9. The van der Waals surface area contributed by atoms with Crippen molar-refractivity contribution < 1.29 is 23.8 Å². The van der Waals surface area contributed by atoms with E-state index in [1.165, 1.54) is 135 Å². The van der Waals surface area contributed by atoms with Crippen LogP contribution in [0.25, 0.3) is 0 Å². The molecule has 0 aliphatic carbocycles. The molecule has 0 aliphatic rings. The molecule has 0 amide bonds. The van der Waals surface area contributed by atoms with Gasteiger partial charge in [-0.15, -0.1) is 0 Å². The third-order valence-corrected chi connectivity index (χ3v) is 11.2. The van der Waals surface area contributed by atoms with Gasteiger partial charge in [-0.3, -0.25) is 9.59 Å². The zero-order chi connectivity index (χ0) is 44.9. The second-order valence-electron chi connectivity index (χ2n) is 17.4. The molecule has 0 bridgehead atoms. The van der Waals surface area contributed by atoms with Crippen LogP contribution in [0.5, 0.6) is 0 Å². The largest absolute Gasteiger partial charge is 0.462 e. The number of carbonyl (C=O) groups excluding carboxylic acids is 2. The van der Waals surface area contributed by atoms with Gasteiger partial charge in [0.1, 0.15) is 6.61 Å². The molecular formula is C57H100O5. The average molecular weight is 865 g/mol. The average Bonchev–Trinajstić information content (AvgIpc) is 3.27. The summed E-state index contributed by atoms with van der Waals surface area (Å²) in [4.78, 5) is 25.4. The molecule has 0 fully saturated rings. The van der Waals surface area contributed by atoms with Gasteiger partial charge in [-0.2, -0.15) is 0 Å². The third kappa shape index (κ3) is 50.0. The molecule has 62 heavy (non-hydrogen) atoms. The van der Waals surface area contributed by atoms with E-state index < -0.39 is 6.10 Å². The van der Waals surface area contributed by atoms with Gasteiger partial charge in [0.2, 0.25) is 0 Å². The lowest BCUT2D eigenvalue weighted by molar-refractivity contribution is -0.163. The summed E-state index contributed by atoms with van der Waals surface area (Å²) in [6, 6.07) is 0. The molecule has 0 radical (unpaired) electrons. The fourth-order valence-electron chi connectivity index (χ4n) is 7.27. The maximum Gasteiger partial charge on any atom is 0.306 e. The lowest BCUT2D eigenvalue weighted by atomic mass is 10.1. The van der Waals surface area contributed by atoms with Crippen LogP contribution in [0.1, 0.15) is 252 Å². The quantitative estimate of drug-likeness (QED) is 0.0346. The number of carbonyl (C=O) groups is 2. The Labute approximate surface area is 385 Å². The van der Waals surface area contributed by atoms with E-state index in [9.17, 15) is 9.59 Å². The first-order valence-electron chi connectivity index (χ1n) is 26.5. The molecule has 0 rings (SSSR count). The van der Waals surface area contributed by atoms with Gasteiger partial charge < -0.3 is 14.2 Å². The van der Waals surface area contributed by atoms with Crippen molar-refractivity contribution in [3.05, 3.63) is 72.9 Å². The Morgan fingerprint density at radius 3 is 1.18 bits per heavy atom. The van der Waals surface area contributed by atoms with Crippen LogP contribution in [0.2, 0.25) is 0 Å². The number of unbranched alkanes of at least 4 members (excludes halogenated alkanes) is 25. The zero-order valence-corrected chi connectivity index (χ0v) is 41.1. The Morgan fingerprint density at radius 2 is 0.726 bits per heavy atom. The van der Waals surface area contributed by atoms with Crippen molar-refractivity contribution >= 4 is 11.9 Å². The molecule has 5 nitrogen and oxygen atoms in total. The van der Waals surface area contributed by atoms with Crippen LogP contribution in [0.15, 0.2) is 72.9 Å². The molecule has 0 aromatic rings. The van der Waals surface area contributed by atoms with Gasteiger partial charge in [0, 0.05) is 19.4 Å². The fourth-order valence-corrected chi connectivity index (χ4v) is 7.27. The van der Waals surface area contributed by atoms with Gasteiger partial charge in [-0.1, -0.05) is 209 Å². The Kier molecular flexibility index (Phi) is 50.4. The SMILES string of the molecule is CC/C=C\C/C=C\C/C=C\C/C=C\CCCOCC(COC(=O)CCCCCCCCC/C=C\CCCCCCCC)OC(=O)CCCCCCC/C=C\CCCCCCCC. The summed E-state index contributed by atoms with van der Waals surface area (Å²) in [6.07, 6.45) is 67.8. The first-order valence-corrected chi connectivity index (χ1v) is 26.5. The van der Waals surface area contributed by atoms with Crippen LogP contribution in [-0.4, -0.2) is 37.9 Å². The minimum absolute atomic E-state index is 0.0568. The summed E-state index contributed by atoms with van der Waals surface area (Å²) >= 11 is 0. The minimum Gasteiger partial charge on any atom is -0.462 e. The van der Waals surface area contributed by atoms with E-state index in [2.05, 4.69) is 93.7 Å². The first kappa shape index (κ1) is 59.3. The normalized spacial score (nSPS) is 12.8. The monoisotopic (exact) mass is 865 g/mol. The van der Waals surface area contributed by atoms with E-state index in [1.54, 1.807) is 0 Å². The number of ether oxygens (including phenoxy) is 3. The van der Waals surface area contributed by atoms with Gasteiger partial charge in [-0.05, 0) is 103 Å². The second kappa shape index (κ2) is 52.7. The first-order chi connectivity index (χ1) is 30.6. The fraction of sp³-hybridized carbons (Fsp3) is 0.754. The Bertz CT molecular complexity index is 1110. The number of esters is 2. The maximum atomic E-state index is 12.8. The highest BCUT2D eigenvalue weighted by Gasteiger charge is 2.17. The lowest BCUT2D eigenvalue weighted by Crippen LogP contribution is -2.30. The molecule has 1 atom stereocenters. The predicted molar refractivity (Wildman–Crippen MR) is 270 cm³/mol. The van der Waals surface area contributed by atoms with Gasteiger partial charge in [0.25, 0.3) is 0 Å². The maximum absolute atomic E-state index is 12.8. The molecule has 0 aromatic heterocycles. The molecule has 1 unspecified atom stereocenters. The highest BCUT2D eigenvalue weighted by Crippen LogP contribution is 2.14. The van der Waals surface area contributed by atoms with Gasteiger partial charge >= 0.3 is 11.9 Å². The standard InChI is InChI=1S/C57H100O5/c1-4-7-10-13-16-19-22-25-28-29-31-32-35-38-41-44-47-50-56(58)61-54-55(53-60-52-49-46-43-40-37-34-27-24-21-18-15-12-9-6-3)62-57(59)51-48-45-42-39-36-33-30-26-23-20-17-14-11-8-5-2/h9,12,18,21,25-28,30,34,40,43,55H,4-8,10-11,13-17,19-20,22-24,29,31-33,35-39,41-42,44-54H2,1-3H3/b12-9-,21-18-,28-25-,30-26-,34-27-,43-40-. The van der Waals surface area contributed by atoms with E-state index >= 15 is 0 Å². The molecule has 358 valence electrons. The molecule has 5 heteroatoms. The van der Waals surface area contributed by atoms with Crippen molar-refractivity contribution in [2.45, 2.75) is 258 Å². The van der Waals surface area contributed by atoms with Crippen LogP contribution >= 0.6 is 0 Å². The van der Waals surface area contributed by atoms with Gasteiger partial charge in [0.15, 0.2) is 6.10 Å². The number of rotatable bonds is 48.